The van der Waals surface area contributed by atoms with Gasteiger partial charge in [-0.3, -0.25) is 0 Å². The molecule has 2 aromatic rings. The fourth-order valence-electron chi connectivity index (χ4n) is 1.94. The van der Waals surface area contributed by atoms with E-state index in [0.717, 1.165) is 29.7 Å². The lowest BCUT2D eigenvalue weighted by Gasteiger charge is -2.09. The van der Waals surface area contributed by atoms with Gasteiger partial charge in [0.1, 0.15) is 5.75 Å². The number of aromatic nitrogens is 1. The van der Waals surface area contributed by atoms with Crippen molar-refractivity contribution in [3.05, 3.63) is 53.2 Å². The molecule has 0 saturated heterocycles. The molecule has 0 aliphatic heterocycles. The molecule has 0 spiro atoms. The van der Waals surface area contributed by atoms with Crippen molar-refractivity contribution in [3.8, 4) is 11.6 Å². The molecule has 19 heavy (non-hydrogen) atoms. The summed E-state index contributed by atoms with van der Waals surface area (Å²) in [5.41, 5.74) is 3.03. The van der Waals surface area contributed by atoms with Crippen LogP contribution >= 0.6 is 0 Å². The van der Waals surface area contributed by atoms with Crippen LogP contribution < -0.4 is 4.74 Å². The SMILES string of the molecule is CCCc1ccc(Oc2ncc(CO)cc2C)cc1. The number of ether oxygens (including phenoxy) is 1. The summed E-state index contributed by atoms with van der Waals surface area (Å²) in [5, 5.41) is 9.04. The van der Waals surface area contributed by atoms with Crippen LogP contribution in [0.3, 0.4) is 0 Å². The Labute approximate surface area is 113 Å². The molecule has 1 aromatic carbocycles. The highest BCUT2D eigenvalue weighted by Crippen LogP contribution is 2.23. The summed E-state index contributed by atoms with van der Waals surface area (Å²) in [4.78, 5) is 4.22. The number of benzene rings is 1. The van der Waals surface area contributed by atoms with Crippen molar-refractivity contribution in [1.82, 2.24) is 4.98 Å². The zero-order valence-electron chi connectivity index (χ0n) is 11.4. The van der Waals surface area contributed by atoms with Crippen molar-refractivity contribution in [2.24, 2.45) is 0 Å². The van der Waals surface area contributed by atoms with Gasteiger partial charge in [0.25, 0.3) is 0 Å². The molecule has 1 heterocycles. The molecule has 0 aliphatic carbocycles. The highest BCUT2D eigenvalue weighted by atomic mass is 16.5. The number of aliphatic hydroxyl groups excluding tert-OH is 1. The van der Waals surface area contributed by atoms with E-state index in [1.54, 1.807) is 6.20 Å². The second-order valence-corrected chi connectivity index (χ2v) is 4.62. The first-order valence-corrected chi connectivity index (χ1v) is 6.56. The van der Waals surface area contributed by atoms with Crippen molar-refractivity contribution in [2.75, 3.05) is 0 Å². The highest BCUT2D eigenvalue weighted by Gasteiger charge is 2.04. The molecule has 0 bridgehead atoms. The average molecular weight is 257 g/mol. The van der Waals surface area contributed by atoms with Gasteiger partial charge in [-0.05, 0) is 42.7 Å². The molecule has 0 radical (unpaired) electrons. The minimum absolute atomic E-state index is 0.000164. The van der Waals surface area contributed by atoms with E-state index in [0.29, 0.717) is 5.88 Å². The summed E-state index contributed by atoms with van der Waals surface area (Å²) >= 11 is 0. The second-order valence-electron chi connectivity index (χ2n) is 4.62. The molecule has 0 fully saturated rings. The molecule has 1 N–H and O–H groups in total. The lowest BCUT2D eigenvalue weighted by atomic mass is 10.1. The van der Waals surface area contributed by atoms with Gasteiger partial charge in [0, 0.05) is 11.8 Å². The van der Waals surface area contributed by atoms with Gasteiger partial charge >= 0.3 is 0 Å². The molecule has 100 valence electrons. The van der Waals surface area contributed by atoms with E-state index >= 15 is 0 Å². The number of pyridine rings is 1. The van der Waals surface area contributed by atoms with Crippen molar-refractivity contribution in [1.29, 1.82) is 0 Å². The minimum Gasteiger partial charge on any atom is -0.439 e. The largest absolute Gasteiger partial charge is 0.439 e. The first-order valence-electron chi connectivity index (χ1n) is 6.56. The Bertz CT molecular complexity index is 535. The van der Waals surface area contributed by atoms with Crippen LogP contribution in [0.2, 0.25) is 0 Å². The first-order chi connectivity index (χ1) is 9.22. The molecule has 0 atom stereocenters. The summed E-state index contributed by atoms with van der Waals surface area (Å²) in [6.07, 6.45) is 3.86. The number of hydrogen-bond donors (Lipinski definition) is 1. The molecule has 0 unspecified atom stereocenters. The zero-order chi connectivity index (χ0) is 13.7. The normalized spacial score (nSPS) is 10.5. The van der Waals surface area contributed by atoms with Gasteiger partial charge < -0.3 is 9.84 Å². The minimum atomic E-state index is -0.000164. The van der Waals surface area contributed by atoms with E-state index in [2.05, 4.69) is 24.0 Å². The van der Waals surface area contributed by atoms with Crippen molar-refractivity contribution in [3.63, 3.8) is 0 Å². The summed E-state index contributed by atoms with van der Waals surface area (Å²) in [6, 6.07) is 9.97. The molecular formula is C16H19NO2. The second kappa shape index (κ2) is 6.34. The molecular weight excluding hydrogens is 238 g/mol. The summed E-state index contributed by atoms with van der Waals surface area (Å²) in [6.45, 7) is 4.09. The predicted octanol–water partition coefficient (Wildman–Crippen LogP) is 3.63. The van der Waals surface area contributed by atoms with Crippen molar-refractivity contribution in [2.45, 2.75) is 33.3 Å². The van der Waals surface area contributed by atoms with E-state index in [4.69, 9.17) is 9.84 Å². The number of aliphatic hydroxyl groups is 1. The Morgan fingerprint density at radius 1 is 1.16 bits per heavy atom. The van der Waals surface area contributed by atoms with Crippen LogP contribution in [-0.2, 0) is 13.0 Å². The van der Waals surface area contributed by atoms with Gasteiger partial charge in [0.15, 0.2) is 0 Å². The Morgan fingerprint density at radius 2 is 1.89 bits per heavy atom. The first kappa shape index (κ1) is 13.6. The third kappa shape index (κ3) is 3.55. The quantitative estimate of drug-likeness (QED) is 0.889. The van der Waals surface area contributed by atoms with Crippen LogP contribution in [0.5, 0.6) is 11.6 Å². The number of rotatable bonds is 5. The van der Waals surface area contributed by atoms with E-state index in [9.17, 15) is 0 Å². The molecule has 1 aromatic heterocycles. The van der Waals surface area contributed by atoms with Crippen LogP contribution in [0.4, 0.5) is 0 Å². The van der Waals surface area contributed by atoms with Crippen LogP contribution in [0, 0.1) is 6.92 Å². The predicted molar refractivity (Wildman–Crippen MR) is 75.4 cm³/mol. The maximum absolute atomic E-state index is 9.04. The Balaban J connectivity index is 2.12. The van der Waals surface area contributed by atoms with Crippen LogP contribution in [0.1, 0.15) is 30.0 Å². The highest BCUT2D eigenvalue weighted by molar-refractivity contribution is 5.34. The Kier molecular flexibility index (Phi) is 4.53. The molecule has 0 aliphatic rings. The van der Waals surface area contributed by atoms with Crippen LogP contribution in [0.15, 0.2) is 36.5 Å². The van der Waals surface area contributed by atoms with Gasteiger partial charge in [0.2, 0.25) is 5.88 Å². The topological polar surface area (TPSA) is 42.4 Å². The fraction of sp³-hybridized carbons (Fsp3) is 0.312. The van der Waals surface area contributed by atoms with E-state index < -0.39 is 0 Å². The molecule has 0 amide bonds. The number of hydrogen-bond acceptors (Lipinski definition) is 3. The molecule has 2 rings (SSSR count). The van der Waals surface area contributed by atoms with Gasteiger partial charge in [0.05, 0.1) is 6.61 Å². The summed E-state index contributed by atoms with van der Waals surface area (Å²) in [7, 11) is 0. The molecule has 3 heteroatoms. The molecule has 0 saturated carbocycles. The van der Waals surface area contributed by atoms with E-state index in [-0.39, 0.29) is 6.61 Å². The standard InChI is InChI=1S/C16H19NO2/c1-3-4-13-5-7-15(8-6-13)19-16-12(2)9-14(11-18)10-17-16/h5-10,18H,3-4,11H2,1-2H3. The smallest absolute Gasteiger partial charge is 0.222 e. The van der Waals surface area contributed by atoms with Crippen LogP contribution in [-0.4, -0.2) is 10.1 Å². The van der Waals surface area contributed by atoms with Crippen molar-refractivity contribution >= 4 is 0 Å². The lowest BCUT2D eigenvalue weighted by Crippen LogP contribution is -1.94. The Morgan fingerprint density at radius 3 is 2.47 bits per heavy atom. The van der Waals surface area contributed by atoms with E-state index in [1.165, 1.54) is 5.56 Å². The zero-order valence-corrected chi connectivity index (χ0v) is 11.4. The monoisotopic (exact) mass is 257 g/mol. The van der Waals surface area contributed by atoms with Gasteiger partial charge in [-0.1, -0.05) is 25.5 Å². The summed E-state index contributed by atoms with van der Waals surface area (Å²) in [5.74, 6) is 1.37. The lowest BCUT2D eigenvalue weighted by molar-refractivity contribution is 0.281. The third-order valence-corrected chi connectivity index (χ3v) is 2.95. The van der Waals surface area contributed by atoms with Gasteiger partial charge in [-0.15, -0.1) is 0 Å². The maximum atomic E-state index is 9.04. The van der Waals surface area contributed by atoms with Crippen LogP contribution in [0.25, 0.3) is 0 Å². The average Bonchev–Trinajstić information content (AvgIpc) is 2.43. The number of nitrogens with zero attached hydrogens (tertiary/aromatic N) is 1. The van der Waals surface area contributed by atoms with Crippen molar-refractivity contribution < 1.29 is 9.84 Å². The number of aryl methyl sites for hydroxylation is 2. The Hall–Kier alpha value is -1.87. The van der Waals surface area contributed by atoms with E-state index in [1.807, 2.05) is 25.1 Å². The molecule has 3 nitrogen and oxygen atoms in total. The summed E-state index contributed by atoms with van der Waals surface area (Å²) < 4.78 is 5.75. The maximum Gasteiger partial charge on any atom is 0.222 e. The van der Waals surface area contributed by atoms with Gasteiger partial charge in [-0.2, -0.15) is 0 Å². The third-order valence-electron chi connectivity index (χ3n) is 2.95. The van der Waals surface area contributed by atoms with Gasteiger partial charge in [-0.25, -0.2) is 4.98 Å². The fourth-order valence-corrected chi connectivity index (χ4v) is 1.94.